The molecule has 1 unspecified atom stereocenters. The Kier molecular flexibility index (Phi) is 3.59. The number of hydrogen-bond acceptors (Lipinski definition) is 0. The van der Waals surface area contributed by atoms with Gasteiger partial charge in [0.25, 0.3) is 0 Å². The lowest BCUT2D eigenvalue weighted by Gasteiger charge is -2.16. The van der Waals surface area contributed by atoms with Gasteiger partial charge in [-0.3, -0.25) is 0 Å². The Balaban J connectivity index is 3.89. The lowest BCUT2D eigenvalue weighted by Crippen LogP contribution is -2.25. The summed E-state index contributed by atoms with van der Waals surface area (Å²) in [6, 6.07) is 0. The molecule has 0 amide bonds. The molecule has 0 bridgehead atoms. The second-order valence-electron chi connectivity index (χ2n) is 1.78. The van der Waals surface area contributed by atoms with Crippen molar-refractivity contribution in [2.24, 2.45) is 0 Å². The third kappa shape index (κ3) is 5.45. The molecule has 0 aliphatic rings. The van der Waals surface area contributed by atoms with Crippen LogP contribution in [0.15, 0.2) is 0 Å². The number of hydrogen-bond donors (Lipinski definition) is 0. The lowest BCUT2D eigenvalue weighted by molar-refractivity contribution is 0.0497. The van der Waals surface area contributed by atoms with Gasteiger partial charge in [0.05, 0.1) is 12.3 Å². The molecule has 0 aromatic heterocycles. The first-order valence-corrected chi connectivity index (χ1v) is 3.56. The van der Waals surface area contributed by atoms with Gasteiger partial charge >= 0.3 is 5.38 Å². The third-order valence-electron chi connectivity index (χ3n) is 0.655. The van der Waals surface area contributed by atoms with Gasteiger partial charge in [-0.1, -0.05) is 11.6 Å². The van der Waals surface area contributed by atoms with Crippen molar-refractivity contribution in [2.45, 2.75) is 16.9 Å². The van der Waals surface area contributed by atoms with Gasteiger partial charge in [0, 0.05) is 0 Å². The number of rotatable bonds is 3. The molecule has 0 aliphatic heterocycles. The maximum Gasteiger partial charge on any atom is 0.326 e. The lowest BCUT2D eigenvalue weighted by atomic mass is 10.3. The maximum absolute atomic E-state index is 12.4. The van der Waals surface area contributed by atoms with Crippen LogP contribution in [0.2, 0.25) is 0 Å². The summed E-state index contributed by atoms with van der Waals surface area (Å²) in [7, 11) is 0. The summed E-state index contributed by atoms with van der Waals surface area (Å²) in [4.78, 5) is 0. The largest absolute Gasteiger partial charge is 0.326 e. The van der Waals surface area contributed by atoms with E-state index in [9.17, 15) is 13.2 Å². The Hall–Kier alpha value is 0.660. The van der Waals surface area contributed by atoms with E-state index < -0.39 is 22.8 Å². The van der Waals surface area contributed by atoms with E-state index in [2.05, 4.69) is 11.6 Å². The van der Waals surface area contributed by atoms with Crippen LogP contribution in [0.1, 0.15) is 6.42 Å². The normalized spacial score (nSPS) is 18.6. The second-order valence-corrected chi connectivity index (χ2v) is 3.28. The monoisotopic (exact) mass is 214 g/mol. The molecule has 62 valence electrons. The van der Waals surface area contributed by atoms with Crippen LogP contribution < -0.4 is 0 Å². The van der Waals surface area contributed by atoms with Crippen molar-refractivity contribution < 1.29 is 13.2 Å². The summed E-state index contributed by atoms with van der Waals surface area (Å²) in [5.41, 5.74) is 0. The van der Waals surface area contributed by atoms with E-state index in [4.69, 9.17) is 23.2 Å². The minimum absolute atomic E-state index is 0.711. The number of alkyl halides is 6. The second kappa shape index (κ2) is 3.37. The highest BCUT2D eigenvalue weighted by Crippen LogP contribution is 2.35. The van der Waals surface area contributed by atoms with Gasteiger partial charge in [0.15, 0.2) is 0 Å². The first-order chi connectivity index (χ1) is 4.27. The maximum atomic E-state index is 12.4. The summed E-state index contributed by atoms with van der Waals surface area (Å²) in [5, 5.41) is -6.25. The molecule has 10 heavy (non-hydrogen) atoms. The minimum atomic E-state index is -3.63. The smallest absolute Gasteiger partial charge is 0.225 e. The summed E-state index contributed by atoms with van der Waals surface area (Å²) in [6.07, 6.45) is -1.29. The van der Waals surface area contributed by atoms with E-state index >= 15 is 0 Å². The molecule has 0 N–H and O–H groups in total. The predicted molar refractivity (Wildman–Crippen MR) is 35.8 cm³/mol. The van der Waals surface area contributed by atoms with Crippen LogP contribution in [0.5, 0.6) is 0 Å². The molecule has 0 spiro atoms. The van der Waals surface area contributed by atoms with Crippen LogP contribution >= 0.6 is 34.8 Å². The van der Waals surface area contributed by atoms with Crippen molar-refractivity contribution in [3.63, 3.8) is 0 Å². The Labute approximate surface area is 71.2 Å². The van der Waals surface area contributed by atoms with Gasteiger partial charge in [0.2, 0.25) is 5.13 Å². The van der Waals surface area contributed by atoms with Gasteiger partial charge in [-0.05, 0) is 11.6 Å². The molecule has 0 aromatic rings. The van der Waals surface area contributed by atoms with Crippen LogP contribution in [-0.2, 0) is 0 Å². The Morgan fingerprint density at radius 3 is 1.60 bits per heavy atom. The topological polar surface area (TPSA) is 0 Å². The van der Waals surface area contributed by atoms with E-state index in [1.54, 1.807) is 0 Å². The molecule has 0 saturated heterocycles. The average molecular weight is 215 g/mol. The van der Waals surface area contributed by atoms with Crippen molar-refractivity contribution in [2.75, 3.05) is 5.88 Å². The highest BCUT2D eigenvalue weighted by molar-refractivity contribution is 6.30. The standard InChI is InChI=1S/C4H4Cl3F3/c5-2-3(6,8)1-4(7,9)10/h1-2H2. The Morgan fingerprint density at radius 2 is 1.50 bits per heavy atom. The summed E-state index contributed by atoms with van der Waals surface area (Å²) in [6.45, 7) is 0. The van der Waals surface area contributed by atoms with E-state index in [1.165, 1.54) is 0 Å². The molecule has 1 atom stereocenters. The van der Waals surface area contributed by atoms with Crippen molar-refractivity contribution in [3.05, 3.63) is 0 Å². The molecule has 0 radical (unpaired) electrons. The summed E-state index contributed by atoms with van der Waals surface area (Å²) < 4.78 is 36.0. The van der Waals surface area contributed by atoms with Crippen LogP contribution in [-0.4, -0.2) is 16.4 Å². The van der Waals surface area contributed by atoms with Crippen molar-refractivity contribution in [3.8, 4) is 0 Å². The van der Waals surface area contributed by atoms with Crippen molar-refractivity contribution in [1.82, 2.24) is 0 Å². The van der Waals surface area contributed by atoms with E-state index in [0.29, 0.717) is 0 Å². The van der Waals surface area contributed by atoms with Crippen molar-refractivity contribution in [1.29, 1.82) is 0 Å². The molecule has 0 aromatic carbocycles. The summed E-state index contributed by atoms with van der Waals surface area (Å²) in [5.74, 6) is -0.711. The van der Waals surface area contributed by atoms with Crippen LogP contribution in [0.4, 0.5) is 13.2 Å². The zero-order chi connectivity index (χ0) is 8.41. The molecular weight excluding hydrogens is 211 g/mol. The fourth-order valence-corrected chi connectivity index (χ4v) is 0.883. The minimum Gasteiger partial charge on any atom is -0.225 e. The third-order valence-corrected chi connectivity index (χ3v) is 1.62. The van der Waals surface area contributed by atoms with Crippen LogP contribution in [0.25, 0.3) is 0 Å². The molecule has 0 rings (SSSR count). The molecule has 0 fully saturated rings. The van der Waals surface area contributed by atoms with Gasteiger partial charge < -0.3 is 0 Å². The zero-order valence-corrected chi connectivity index (χ0v) is 6.95. The molecule has 0 aliphatic carbocycles. The van der Waals surface area contributed by atoms with Gasteiger partial charge in [-0.15, -0.1) is 11.6 Å². The van der Waals surface area contributed by atoms with E-state index in [1.807, 2.05) is 0 Å². The average Bonchev–Trinajstić information content (AvgIpc) is 1.60. The molecule has 0 heterocycles. The fraction of sp³-hybridized carbons (Fsp3) is 1.00. The summed E-state index contributed by atoms with van der Waals surface area (Å²) >= 11 is 14.1. The first kappa shape index (κ1) is 10.7. The quantitative estimate of drug-likeness (QED) is 0.633. The van der Waals surface area contributed by atoms with Gasteiger partial charge in [-0.2, -0.15) is 8.78 Å². The van der Waals surface area contributed by atoms with Gasteiger partial charge in [0.1, 0.15) is 0 Å². The predicted octanol–water partition coefficient (Wildman–Crippen LogP) is 3.35. The molecule has 0 nitrogen and oxygen atoms in total. The SMILES string of the molecule is FC(F)(Cl)CC(F)(Cl)CCl. The molecule has 0 saturated carbocycles. The fourth-order valence-electron chi connectivity index (χ4n) is 0.341. The van der Waals surface area contributed by atoms with Crippen LogP contribution in [0.3, 0.4) is 0 Å². The molecular formula is C4H4Cl3F3. The zero-order valence-electron chi connectivity index (χ0n) is 4.68. The van der Waals surface area contributed by atoms with Crippen molar-refractivity contribution >= 4 is 34.8 Å². The van der Waals surface area contributed by atoms with Crippen LogP contribution in [0, 0.1) is 0 Å². The highest BCUT2D eigenvalue weighted by atomic mass is 35.5. The Bertz CT molecular complexity index is 109. The Morgan fingerprint density at radius 1 is 1.10 bits per heavy atom. The van der Waals surface area contributed by atoms with E-state index in [0.717, 1.165) is 0 Å². The van der Waals surface area contributed by atoms with Gasteiger partial charge in [-0.25, -0.2) is 4.39 Å². The van der Waals surface area contributed by atoms with E-state index in [-0.39, 0.29) is 0 Å². The highest BCUT2D eigenvalue weighted by Gasteiger charge is 2.39. The first-order valence-electron chi connectivity index (χ1n) is 2.27. The molecule has 6 heteroatoms. The number of halogens is 6.